The van der Waals surface area contributed by atoms with E-state index < -0.39 is 0 Å². The molecule has 1 aromatic heterocycles. The van der Waals surface area contributed by atoms with E-state index in [2.05, 4.69) is 15.5 Å². The SMILES string of the molecule is NC(=O)Cc1ccc(Nc2cc(-c3ccccc3)[nH]n2)cc1. The third kappa shape index (κ3) is 3.32. The van der Waals surface area contributed by atoms with Crippen molar-refractivity contribution in [3.05, 3.63) is 66.2 Å². The van der Waals surface area contributed by atoms with Gasteiger partial charge in [0.2, 0.25) is 5.91 Å². The minimum absolute atomic E-state index is 0.251. The Morgan fingerprint density at radius 3 is 2.50 bits per heavy atom. The first kappa shape index (κ1) is 13.9. The maximum absolute atomic E-state index is 10.9. The van der Waals surface area contributed by atoms with E-state index >= 15 is 0 Å². The van der Waals surface area contributed by atoms with Crippen molar-refractivity contribution in [1.82, 2.24) is 10.2 Å². The monoisotopic (exact) mass is 292 g/mol. The zero-order chi connectivity index (χ0) is 15.4. The van der Waals surface area contributed by atoms with Gasteiger partial charge < -0.3 is 11.1 Å². The highest BCUT2D eigenvalue weighted by Gasteiger charge is 2.04. The van der Waals surface area contributed by atoms with Gasteiger partial charge >= 0.3 is 0 Å². The minimum atomic E-state index is -0.333. The quantitative estimate of drug-likeness (QED) is 0.676. The van der Waals surface area contributed by atoms with Gasteiger partial charge in [-0.3, -0.25) is 9.89 Å². The van der Waals surface area contributed by atoms with Crippen molar-refractivity contribution in [3.8, 4) is 11.3 Å². The van der Waals surface area contributed by atoms with Gasteiger partial charge in [0, 0.05) is 11.8 Å². The smallest absolute Gasteiger partial charge is 0.221 e. The number of H-pyrrole nitrogens is 1. The van der Waals surface area contributed by atoms with E-state index in [-0.39, 0.29) is 12.3 Å². The van der Waals surface area contributed by atoms with Gasteiger partial charge in [-0.2, -0.15) is 5.10 Å². The Balaban J connectivity index is 1.71. The molecule has 0 saturated heterocycles. The van der Waals surface area contributed by atoms with Gasteiger partial charge in [0.15, 0.2) is 5.82 Å². The lowest BCUT2D eigenvalue weighted by atomic mass is 10.1. The number of aromatic nitrogens is 2. The largest absolute Gasteiger partial charge is 0.369 e. The average Bonchev–Trinajstić information content (AvgIpc) is 2.98. The highest BCUT2D eigenvalue weighted by atomic mass is 16.1. The van der Waals surface area contributed by atoms with Crippen LogP contribution in [0.1, 0.15) is 5.56 Å². The van der Waals surface area contributed by atoms with Gasteiger partial charge in [-0.05, 0) is 23.3 Å². The number of nitrogens with two attached hydrogens (primary N) is 1. The topological polar surface area (TPSA) is 83.8 Å². The molecule has 5 nitrogen and oxygen atoms in total. The average molecular weight is 292 g/mol. The zero-order valence-electron chi connectivity index (χ0n) is 11.9. The Labute approximate surface area is 128 Å². The second-order valence-corrected chi connectivity index (χ2v) is 5.00. The standard InChI is InChI=1S/C17H16N4O/c18-16(22)10-12-6-8-14(9-7-12)19-17-11-15(20-21-17)13-4-2-1-3-5-13/h1-9,11H,10H2,(H2,18,22)(H2,19,20,21). The molecule has 1 heterocycles. The number of carbonyl (C=O) groups excluding carboxylic acids is 1. The van der Waals surface area contributed by atoms with Crippen molar-refractivity contribution in [2.45, 2.75) is 6.42 Å². The molecule has 1 amide bonds. The number of nitrogens with one attached hydrogen (secondary N) is 2. The molecule has 0 aliphatic carbocycles. The van der Waals surface area contributed by atoms with Crippen molar-refractivity contribution in [2.24, 2.45) is 5.73 Å². The second kappa shape index (κ2) is 6.13. The van der Waals surface area contributed by atoms with E-state index in [4.69, 9.17) is 5.73 Å². The summed E-state index contributed by atoms with van der Waals surface area (Å²) in [5.41, 5.74) is 9.01. The van der Waals surface area contributed by atoms with E-state index in [9.17, 15) is 4.79 Å². The number of nitrogens with zero attached hydrogens (tertiary/aromatic N) is 1. The van der Waals surface area contributed by atoms with Crippen LogP contribution in [0.2, 0.25) is 0 Å². The summed E-state index contributed by atoms with van der Waals surface area (Å²) in [6.45, 7) is 0. The van der Waals surface area contributed by atoms with E-state index in [1.54, 1.807) is 0 Å². The molecule has 0 bridgehead atoms. The predicted octanol–water partition coefficient (Wildman–Crippen LogP) is 2.85. The van der Waals surface area contributed by atoms with Crippen LogP contribution in [-0.2, 0) is 11.2 Å². The number of anilines is 2. The van der Waals surface area contributed by atoms with Gasteiger partial charge in [-0.25, -0.2) is 0 Å². The van der Waals surface area contributed by atoms with Crippen LogP contribution in [0, 0.1) is 0 Å². The summed E-state index contributed by atoms with van der Waals surface area (Å²) >= 11 is 0. The normalized spacial score (nSPS) is 10.4. The molecule has 0 radical (unpaired) electrons. The first-order valence-electron chi connectivity index (χ1n) is 6.96. The molecule has 0 saturated carbocycles. The number of carbonyl (C=O) groups is 1. The molecule has 3 aromatic rings. The van der Waals surface area contributed by atoms with Crippen LogP contribution in [-0.4, -0.2) is 16.1 Å². The fraction of sp³-hybridized carbons (Fsp3) is 0.0588. The summed E-state index contributed by atoms with van der Waals surface area (Å²) < 4.78 is 0. The molecular weight excluding hydrogens is 276 g/mol. The number of hydrogen-bond donors (Lipinski definition) is 3. The van der Waals surface area contributed by atoms with Crippen LogP contribution in [0.5, 0.6) is 0 Å². The predicted molar refractivity (Wildman–Crippen MR) is 86.6 cm³/mol. The first-order chi connectivity index (χ1) is 10.7. The van der Waals surface area contributed by atoms with Crippen LogP contribution in [0.25, 0.3) is 11.3 Å². The summed E-state index contributed by atoms with van der Waals surface area (Å²) in [7, 11) is 0. The fourth-order valence-corrected chi connectivity index (χ4v) is 2.21. The van der Waals surface area contributed by atoms with E-state index in [1.165, 1.54) is 0 Å². The molecule has 110 valence electrons. The molecule has 2 aromatic carbocycles. The van der Waals surface area contributed by atoms with Gasteiger partial charge in [0.05, 0.1) is 12.1 Å². The van der Waals surface area contributed by atoms with E-state index in [0.717, 1.165) is 28.3 Å². The lowest BCUT2D eigenvalue weighted by molar-refractivity contribution is -0.117. The third-order valence-corrected chi connectivity index (χ3v) is 3.27. The van der Waals surface area contributed by atoms with Crippen molar-refractivity contribution in [3.63, 3.8) is 0 Å². The minimum Gasteiger partial charge on any atom is -0.369 e. The number of hydrogen-bond acceptors (Lipinski definition) is 3. The van der Waals surface area contributed by atoms with Crippen LogP contribution >= 0.6 is 0 Å². The van der Waals surface area contributed by atoms with Gasteiger partial charge in [0.25, 0.3) is 0 Å². The molecular formula is C17H16N4O. The number of primary amides is 1. The highest BCUT2D eigenvalue weighted by Crippen LogP contribution is 2.22. The summed E-state index contributed by atoms with van der Waals surface area (Å²) in [6.07, 6.45) is 0.251. The van der Waals surface area contributed by atoms with Crippen molar-refractivity contribution < 1.29 is 4.79 Å². The lowest BCUT2D eigenvalue weighted by Crippen LogP contribution is -2.13. The van der Waals surface area contributed by atoms with Crippen molar-refractivity contribution >= 4 is 17.4 Å². The highest BCUT2D eigenvalue weighted by molar-refractivity contribution is 5.76. The van der Waals surface area contributed by atoms with Gasteiger partial charge in [0.1, 0.15) is 0 Å². The number of aromatic amines is 1. The Morgan fingerprint density at radius 2 is 1.82 bits per heavy atom. The Bertz CT molecular complexity index is 763. The molecule has 22 heavy (non-hydrogen) atoms. The first-order valence-corrected chi connectivity index (χ1v) is 6.96. The number of benzene rings is 2. The molecule has 0 fully saturated rings. The molecule has 5 heteroatoms. The van der Waals surface area contributed by atoms with Crippen LogP contribution in [0.3, 0.4) is 0 Å². The molecule has 0 aliphatic rings. The zero-order valence-corrected chi connectivity index (χ0v) is 11.9. The lowest BCUT2D eigenvalue weighted by Gasteiger charge is -2.03. The van der Waals surface area contributed by atoms with E-state index in [0.29, 0.717) is 0 Å². The van der Waals surface area contributed by atoms with Gasteiger partial charge in [-0.1, -0.05) is 42.5 Å². The molecule has 0 aliphatic heterocycles. The molecule has 3 rings (SSSR count). The Hall–Kier alpha value is -3.08. The third-order valence-electron chi connectivity index (χ3n) is 3.27. The molecule has 0 atom stereocenters. The van der Waals surface area contributed by atoms with Crippen LogP contribution in [0.15, 0.2) is 60.7 Å². The van der Waals surface area contributed by atoms with E-state index in [1.807, 2.05) is 60.7 Å². The fourth-order valence-electron chi connectivity index (χ4n) is 2.21. The molecule has 4 N–H and O–H groups in total. The van der Waals surface area contributed by atoms with Crippen molar-refractivity contribution in [1.29, 1.82) is 0 Å². The van der Waals surface area contributed by atoms with Crippen molar-refractivity contribution in [2.75, 3.05) is 5.32 Å². The second-order valence-electron chi connectivity index (χ2n) is 5.00. The molecule has 0 unspecified atom stereocenters. The Morgan fingerprint density at radius 1 is 1.09 bits per heavy atom. The van der Waals surface area contributed by atoms with Crippen LogP contribution in [0.4, 0.5) is 11.5 Å². The maximum atomic E-state index is 10.9. The van der Waals surface area contributed by atoms with Gasteiger partial charge in [-0.15, -0.1) is 0 Å². The van der Waals surface area contributed by atoms with Crippen LogP contribution < -0.4 is 11.1 Å². The maximum Gasteiger partial charge on any atom is 0.221 e. The summed E-state index contributed by atoms with van der Waals surface area (Å²) in [6, 6.07) is 19.5. The number of amides is 1. The summed E-state index contributed by atoms with van der Waals surface area (Å²) in [5, 5.41) is 10.5. The summed E-state index contributed by atoms with van der Waals surface area (Å²) in [4.78, 5) is 10.9. The Kier molecular flexibility index (Phi) is 3.87. The number of rotatable bonds is 5. The molecule has 0 spiro atoms. The summed E-state index contributed by atoms with van der Waals surface area (Å²) in [5.74, 6) is 0.405.